The first-order valence-electron chi connectivity index (χ1n) is 20.7. The van der Waals surface area contributed by atoms with Crippen molar-refractivity contribution in [3.05, 3.63) is 41.8 Å². The summed E-state index contributed by atoms with van der Waals surface area (Å²) < 4.78 is 45.8. The van der Waals surface area contributed by atoms with Crippen molar-refractivity contribution in [1.29, 1.82) is 0 Å². The average molecular weight is 866 g/mol. The van der Waals surface area contributed by atoms with Crippen LogP contribution in [-0.2, 0) is 29.1 Å². The van der Waals surface area contributed by atoms with Crippen LogP contribution in [0.2, 0.25) is 0 Å². The minimum atomic E-state index is -3.92. The van der Waals surface area contributed by atoms with Gasteiger partial charge in [-0.3, -0.25) is 19.1 Å². The lowest BCUT2D eigenvalue weighted by Gasteiger charge is -2.30. The number of nitrogens with one attached hydrogen (secondary N) is 4. The molecule has 4 amide bonds. The van der Waals surface area contributed by atoms with Crippen molar-refractivity contribution in [2.24, 2.45) is 5.92 Å². The fourth-order valence-electron chi connectivity index (χ4n) is 7.71. The van der Waals surface area contributed by atoms with E-state index in [1.165, 1.54) is 16.2 Å². The topological polar surface area (TPSA) is 207 Å². The lowest BCUT2D eigenvalue weighted by atomic mass is 10.0. The number of thiazole rings is 1. The maximum atomic E-state index is 14.7. The number of nitrogens with zero attached hydrogens (tertiary/aromatic N) is 3. The number of ether oxygens (including phenoxy) is 3. The molecular weight excluding hydrogens is 811 g/mol. The van der Waals surface area contributed by atoms with E-state index in [1.54, 1.807) is 33.9 Å². The van der Waals surface area contributed by atoms with E-state index in [0.29, 0.717) is 54.6 Å². The normalized spacial score (nSPS) is 25.6. The second-order valence-corrected chi connectivity index (χ2v) is 20.2. The molecule has 324 valence electrons. The van der Waals surface area contributed by atoms with Gasteiger partial charge in [0, 0.05) is 29.1 Å². The van der Waals surface area contributed by atoms with Gasteiger partial charge in [0.15, 0.2) is 5.13 Å². The van der Waals surface area contributed by atoms with E-state index in [-0.39, 0.29) is 31.3 Å². The summed E-state index contributed by atoms with van der Waals surface area (Å²) in [4.78, 5) is 67.3. The molecule has 16 nitrogen and oxygen atoms in total. The van der Waals surface area contributed by atoms with Gasteiger partial charge >= 0.3 is 6.09 Å². The molecule has 4 N–H and O–H groups in total. The molecule has 4 heterocycles. The van der Waals surface area contributed by atoms with Gasteiger partial charge in [0.25, 0.3) is 5.91 Å². The second kappa shape index (κ2) is 17.2. The van der Waals surface area contributed by atoms with E-state index < -0.39 is 74.3 Å². The highest BCUT2D eigenvalue weighted by Crippen LogP contribution is 2.46. The van der Waals surface area contributed by atoms with E-state index >= 15 is 0 Å². The molecule has 0 radical (unpaired) electrons. The predicted molar refractivity (Wildman–Crippen MR) is 227 cm³/mol. The van der Waals surface area contributed by atoms with E-state index in [2.05, 4.69) is 20.7 Å². The Kier molecular flexibility index (Phi) is 12.4. The number of allylic oxidation sites excluding steroid dienone is 1. The molecule has 2 aliphatic heterocycles. The summed E-state index contributed by atoms with van der Waals surface area (Å²) in [6.07, 6.45) is 6.54. The number of carbonyl (C=O) groups is 4. The first-order valence-corrected chi connectivity index (χ1v) is 23.1. The minimum Gasteiger partial charge on any atom is -0.497 e. The summed E-state index contributed by atoms with van der Waals surface area (Å²) in [5.41, 5.74) is -1.18. The molecule has 2 aliphatic carbocycles. The average Bonchev–Trinajstić information content (AvgIpc) is 4.06. The fraction of sp³-hybridized carbons (Fsp3) is 0.571. The third-order valence-electron chi connectivity index (χ3n) is 11.0. The molecule has 1 aromatic carbocycles. The van der Waals surface area contributed by atoms with Crippen molar-refractivity contribution in [2.45, 2.75) is 133 Å². The molecule has 4 aliphatic rings. The first kappa shape index (κ1) is 43.1. The molecule has 7 rings (SSSR count). The van der Waals surface area contributed by atoms with Crippen LogP contribution in [0.15, 0.2) is 41.8 Å². The van der Waals surface area contributed by atoms with Gasteiger partial charge in [-0.1, -0.05) is 25.0 Å². The van der Waals surface area contributed by atoms with Gasteiger partial charge < -0.3 is 35.1 Å². The Morgan fingerprint density at radius 3 is 2.55 bits per heavy atom. The highest BCUT2D eigenvalue weighted by atomic mass is 32.2. The van der Waals surface area contributed by atoms with Crippen LogP contribution in [0, 0.1) is 5.92 Å². The van der Waals surface area contributed by atoms with Crippen molar-refractivity contribution >= 4 is 61.1 Å². The molecule has 18 heteroatoms. The summed E-state index contributed by atoms with van der Waals surface area (Å²) in [5, 5.41) is 12.4. The first-order chi connectivity index (χ1) is 28.4. The van der Waals surface area contributed by atoms with Gasteiger partial charge in [-0.15, -0.1) is 11.3 Å². The van der Waals surface area contributed by atoms with Gasteiger partial charge in [0.2, 0.25) is 27.7 Å². The van der Waals surface area contributed by atoms with Crippen molar-refractivity contribution < 1.29 is 41.8 Å². The summed E-state index contributed by atoms with van der Waals surface area (Å²) in [6.45, 7) is 9.19. The van der Waals surface area contributed by atoms with Gasteiger partial charge in [-0.2, -0.15) is 0 Å². The van der Waals surface area contributed by atoms with Crippen molar-refractivity contribution in [2.75, 3.05) is 19.0 Å². The van der Waals surface area contributed by atoms with Crippen LogP contribution in [-0.4, -0.2) is 101 Å². The molecule has 2 saturated carbocycles. The number of alkyl carbamates (subject to hydrolysis) is 1. The number of sulfonamides is 1. The number of benzene rings is 1. The number of fused-ring (bicyclic) bond motifs is 3. The number of rotatable bonds is 10. The van der Waals surface area contributed by atoms with Gasteiger partial charge in [-0.05, 0) is 103 Å². The third kappa shape index (κ3) is 9.96. The molecular formula is C42H55N7O9S2. The number of hydrogen-bond acceptors (Lipinski definition) is 13. The SMILES string of the molecule is COc1ccc2c(OC3C[C@H]4C(=O)N[C@]5(C(=O)NS(=O)(=O)C6CC6)CC5/C=C\CCCCC[C@H](NC(=O)OC(C)(C)C)C(=O)N4C3)nc(-c3csc(NC(C)C)n3)cc2c1. The Balaban J connectivity index is 1.23. The third-order valence-corrected chi connectivity index (χ3v) is 13.6. The van der Waals surface area contributed by atoms with Crippen LogP contribution >= 0.6 is 11.3 Å². The Labute approximate surface area is 354 Å². The van der Waals surface area contributed by atoms with Gasteiger partial charge in [-0.25, -0.2) is 23.2 Å². The zero-order valence-electron chi connectivity index (χ0n) is 34.9. The number of pyridine rings is 1. The van der Waals surface area contributed by atoms with E-state index in [0.717, 1.165) is 23.4 Å². The molecule has 2 aromatic heterocycles. The number of amides is 4. The van der Waals surface area contributed by atoms with Crippen LogP contribution < -0.4 is 30.1 Å². The molecule has 2 unspecified atom stereocenters. The number of anilines is 1. The Morgan fingerprint density at radius 2 is 1.83 bits per heavy atom. The zero-order valence-corrected chi connectivity index (χ0v) is 36.5. The molecule has 0 spiro atoms. The van der Waals surface area contributed by atoms with Crippen molar-refractivity contribution in [3.8, 4) is 23.0 Å². The summed E-state index contributed by atoms with van der Waals surface area (Å²) in [6, 6.07) is 5.38. The molecule has 1 saturated heterocycles. The molecule has 0 bridgehead atoms. The van der Waals surface area contributed by atoms with Gasteiger partial charge in [0.1, 0.15) is 40.8 Å². The highest BCUT2D eigenvalue weighted by Gasteiger charge is 2.62. The Hall–Kier alpha value is -4.97. The van der Waals surface area contributed by atoms with Crippen LogP contribution in [0.25, 0.3) is 22.2 Å². The van der Waals surface area contributed by atoms with Crippen LogP contribution in [0.5, 0.6) is 11.6 Å². The maximum Gasteiger partial charge on any atom is 0.408 e. The number of hydrogen-bond donors (Lipinski definition) is 4. The minimum absolute atomic E-state index is 0.0119. The molecule has 3 aromatic rings. The van der Waals surface area contributed by atoms with Gasteiger partial charge in [0.05, 0.1) is 24.6 Å². The van der Waals surface area contributed by atoms with Crippen LogP contribution in [0.4, 0.5) is 9.93 Å². The van der Waals surface area contributed by atoms with Crippen molar-refractivity contribution in [3.63, 3.8) is 0 Å². The van der Waals surface area contributed by atoms with Crippen molar-refractivity contribution in [1.82, 2.24) is 30.2 Å². The quantitative estimate of drug-likeness (QED) is 0.188. The summed E-state index contributed by atoms with van der Waals surface area (Å²) >= 11 is 1.45. The second-order valence-electron chi connectivity index (χ2n) is 17.4. The Bertz CT molecular complexity index is 2270. The van der Waals surface area contributed by atoms with E-state index in [4.69, 9.17) is 24.2 Å². The standard InChI is InChI=1S/C42H55N7O9S2/c1-24(2)43-39-45-33(23-59-39)32-19-25-18-27(56-6)14-17-30(25)36(44-32)57-28-20-34-35(50)47-42(38(52)48-60(54,55)29-15-16-29)21-26(42)12-10-8-7-9-11-13-31(37(51)49(34)22-28)46-40(53)58-41(3,4)5/h10,12,14,17-19,23-24,26,28-29,31,34H,7-9,11,13,15-16,20-22H2,1-6H3,(H,43,45)(H,46,53)(H,47,50)(H,48,52)/b12-10-/t26?,28?,31-,34-,42+/m0/s1. The van der Waals surface area contributed by atoms with Crippen LogP contribution in [0.3, 0.4) is 0 Å². The fourth-order valence-corrected chi connectivity index (χ4v) is 9.93. The van der Waals surface area contributed by atoms with Crippen LogP contribution in [0.1, 0.15) is 92.4 Å². The largest absolute Gasteiger partial charge is 0.497 e. The molecule has 60 heavy (non-hydrogen) atoms. The molecule has 5 atom stereocenters. The number of methoxy groups -OCH3 is 1. The summed E-state index contributed by atoms with van der Waals surface area (Å²) in [5.74, 6) is -1.51. The summed E-state index contributed by atoms with van der Waals surface area (Å²) in [7, 11) is -2.34. The number of aromatic nitrogens is 2. The number of carbonyl (C=O) groups excluding carboxylic acids is 4. The maximum absolute atomic E-state index is 14.7. The predicted octanol–water partition coefficient (Wildman–Crippen LogP) is 5.43. The lowest BCUT2D eigenvalue weighted by Crippen LogP contribution is -2.58. The smallest absolute Gasteiger partial charge is 0.408 e. The van der Waals surface area contributed by atoms with E-state index in [1.807, 2.05) is 49.6 Å². The molecule has 3 fully saturated rings. The lowest BCUT2D eigenvalue weighted by molar-refractivity contribution is -0.141. The highest BCUT2D eigenvalue weighted by molar-refractivity contribution is 7.91. The monoisotopic (exact) mass is 865 g/mol. The zero-order chi connectivity index (χ0) is 43.0. The van der Waals surface area contributed by atoms with E-state index in [9.17, 15) is 27.6 Å². The Morgan fingerprint density at radius 1 is 1.05 bits per heavy atom.